The van der Waals surface area contributed by atoms with Crippen LogP contribution < -0.4 is 10.2 Å². The van der Waals surface area contributed by atoms with Gasteiger partial charge in [0.25, 0.3) is 0 Å². The molecule has 0 saturated carbocycles. The minimum absolute atomic E-state index is 0.246. The number of hydrogen-bond donors (Lipinski definition) is 1. The monoisotopic (exact) mass is 374 g/mol. The van der Waals surface area contributed by atoms with Gasteiger partial charge in [0, 0.05) is 31.9 Å². The Hall–Kier alpha value is -3.21. The maximum atomic E-state index is 13.0. The summed E-state index contributed by atoms with van der Waals surface area (Å²) in [5, 5.41) is 11.2. The highest BCUT2D eigenvalue weighted by Crippen LogP contribution is 2.34. The number of anilines is 2. The molecule has 2 aromatic rings. The first-order chi connectivity index (χ1) is 12.9. The zero-order valence-corrected chi connectivity index (χ0v) is 14.3. The van der Waals surface area contributed by atoms with Crippen LogP contribution in [0.25, 0.3) is 0 Å². The highest BCUT2D eigenvalue weighted by atomic mass is 19.4. The molecule has 8 heteroatoms. The van der Waals surface area contributed by atoms with E-state index in [9.17, 15) is 18.0 Å². The average Bonchev–Trinajstić information content (AvgIpc) is 2.68. The van der Waals surface area contributed by atoms with Crippen LogP contribution in [-0.4, -0.2) is 37.1 Å². The van der Waals surface area contributed by atoms with Gasteiger partial charge in [0.05, 0.1) is 22.9 Å². The van der Waals surface area contributed by atoms with Crippen molar-refractivity contribution in [2.24, 2.45) is 0 Å². The fraction of sp³-hybridized carbons (Fsp3) is 0.263. The molecule has 2 amide bonds. The van der Waals surface area contributed by atoms with Gasteiger partial charge in [0.1, 0.15) is 0 Å². The Kier molecular flexibility index (Phi) is 5.21. The van der Waals surface area contributed by atoms with E-state index in [-0.39, 0.29) is 5.69 Å². The van der Waals surface area contributed by atoms with Crippen LogP contribution in [0.1, 0.15) is 11.1 Å². The van der Waals surface area contributed by atoms with E-state index in [0.717, 1.165) is 11.8 Å². The lowest BCUT2D eigenvalue weighted by Crippen LogP contribution is -2.50. The van der Waals surface area contributed by atoms with Crippen LogP contribution in [0.2, 0.25) is 0 Å². The highest BCUT2D eigenvalue weighted by Gasteiger charge is 2.34. The quantitative estimate of drug-likeness (QED) is 0.867. The van der Waals surface area contributed by atoms with Crippen LogP contribution in [0.15, 0.2) is 48.5 Å². The summed E-state index contributed by atoms with van der Waals surface area (Å²) in [6.45, 7) is 1.89. The summed E-state index contributed by atoms with van der Waals surface area (Å²) in [6, 6.07) is 13.6. The Morgan fingerprint density at radius 3 is 2.22 bits per heavy atom. The van der Waals surface area contributed by atoms with Crippen molar-refractivity contribution in [3.8, 4) is 6.07 Å². The molecule has 3 rings (SSSR count). The fourth-order valence-corrected chi connectivity index (χ4v) is 2.95. The second-order valence-corrected chi connectivity index (χ2v) is 6.11. The van der Waals surface area contributed by atoms with Crippen molar-refractivity contribution in [3.63, 3.8) is 0 Å². The van der Waals surface area contributed by atoms with Crippen LogP contribution in [0.5, 0.6) is 0 Å². The number of carbonyl (C=O) groups excluding carboxylic acids is 1. The number of amides is 2. The van der Waals surface area contributed by atoms with Crippen molar-refractivity contribution in [3.05, 3.63) is 59.7 Å². The molecule has 0 unspecified atom stereocenters. The smallest absolute Gasteiger partial charge is 0.368 e. The maximum Gasteiger partial charge on any atom is 0.418 e. The van der Waals surface area contributed by atoms with Gasteiger partial charge < -0.3 is 15.1 Å². The zero-order valence-electron chi connectivity index (χ0n) is 14.3. The van der Waals surface area contributed by atoms with Crippen LogP contribution >= 0.6 is 0 Å². The fourth-order valence-electron chi connectivity index (χ4n) is 2.95. The topological polar surface area (TPSA) is 59.4 Å². The Morgan fingerprint density at radius 1 is 1.00 bits per heavy atom. The van der Waals surface area contributed by atoms with Crippen molar-refractivity contribution in [1.82, 2.24) is 4.90 Å². The Bertz CT molecular complexity index is 850. The van der Waals surface area contributed by atoms with E-state index < -0.39 is 17.8 Å². The predicted octanol–water partition coefficient (Wildman–Crippen LogP) is 3.93. The third-order valence-electron chi connectivity index (χ3n) is 4.40. The summed E-state index contributed by atoms with van der Waals surface area (Å²) < 4.78 is 39.1. The van der Waals surface area contributed by atoms with Crippen molar-refractivity contribution >= 4 is 17.4 Å². The first-order valence-corrected chi connectivity index (χ1v) is 8.36. The molecule has 1 aliphatic rings. The lowest BCUT2D eigenvalue weighted by Gasteiger charge is -2.36. The van der Waals surface area contributed by atoms with Crippen molar-refractivity contribution in [1.29, 1.82) is 5.26 Å². The molecule has 140 valence electrons. The molecule has 1 fully saturated rings. The molecule has 5 nitrogen and oxygen atoms in total. The second kappa shape index (κ2) is 7.58. The molecule has 27 heavy (non-hydrogen) atoms. The largest absolute Gasteiger partial charge is 0.418 e. The SMILES string of the molecule is N#Cc1ccc(N2CCN(C(=O)Nc3ccccc3C(F)(F)F)CC2)cc1. The number of nitrogens with one attached hydrogen (secondary N) is 1. The van der Waals surface area contributed by atoms with Crippen LogP contribution in [-0.2, 0) is 6.18 Å². The number of para-hydroxylation sites is 1. The van der Waals surface area contributed by atoms with Gasteiger partial charge in [-0.05, 0) is 36.4 Å². The molecule has 0 aliphatic carbocycles. The second-order valence-electron chi connectivity index (χ2n) is 6.11. The lowest BCUT2D eigenvalue weighted by atomic mass is 10.1. The Labute approximate surface area is 154 Å². The van der Waals surface area contributed by atoms with Crippen LogP contribution in [0.4, 0.5) is 29.3 Å². The minimum Gasteiger partial charge on any atom is -0.368 e. The molecular weight excluding hydrogens is 357 g/mol. The number of alkyl halides is 3. The summed E-state index contributed by atoms with van der Waals surface area (Å²) >= 11 is 0. The lowest BCUT2D eigenvalue weighted by molar-refractivity contribution is -0.136. The normalized spacial score (nSPS) is 14.6. The molecule has 1 heterocycles. The summed E-state index contributed by atoms with van der Waals surface area (Å²) in [5.41, 5.74) is 0.399. The third kappa shape index (κ3) is 4.31. The van der Waals surface area contributed by atoms with Gasteiger partial charge in [0.2, 0.25) is 0 Å². The number of benzene rings is 2. The summed E-state index contributed by atoms with van der Waals surface area (Å²) in [5.74, 6) is 0. The molecule has 0 spiro atoms. The average molecular weight is 374 g/mol. The minimum atomic E-state index is -4.53. The van der Waals surface area contributed by atoms with E-state index in [0.29, 0.717) is 31.7 Å². The number of urea groups is 1. The number of rotatable bonds is 2. The Balaban J connectivity index is 1.61. The molecule has 0 radical (unpaired) electrons. The summed E-state index contributed by atoms with van der Waals surface area (Å²) in [6.07, 6.45) is -4.53. The van der Waals surface area contributed by atoms with Gasteiger partial charge in [-0.2, -0.15) is 18.4 Å². The van der Waals surface area contributed by atoms with Crippen molar-refractivity contribution in [2.75, 3.05) is 36.4 Å². The van der Waals surface area contributed by atoms with Crippen molar-refractivity contribution in [2.45, 2.75) is 6.18 Å². The van der Waals surface area contributed by atoms with Crippen LogP contribution in [0.3, 0.4) is 0 Å². The van der Waals surface area contributed by atoms with Gasteiger partial charge >= 0.3 is 12.2 Å². The van der Waals surface area contributed by atoms with E-state index in [1.165, 1.54) is 23.1 Å². The molecule has 0 aromatic heterocycles. The van der Waals surface area contributed by atoms with Gasteiger partial charge in [-0.3, -0.25) is 0 Å². The predicted molar refractivity (Wildman–Crippen MR) is 95.4 cm³/mol. The zero-order chi connectivity index (χ0) is 19.4. The molecule has 2 aromatic carbocycles. The Morgan fingerprint density at radius 2 is 1.63 bits per heavy atom. The van der Waals surface area contributed by atoms with Gasteiger partial charge in [-0.25, -0.2) is 4.79 Å². The number of nitriles is 1. The molecule has 1 aliphatic heterocycles. The summed E-state index contributed by atoms with van der Waals surface area (Å²) in [4.78, 5) is 15.9. The van der Waals surface area contributed by atoms with Crippen molar-refractivity contribution < 1.29 is 18.0 Å². The number of piperazine rings is 1. The number of halogens is 3. The highest BCUT2D eigenvalue weighted by molar-refractivity contribution is 5.90. The van der Waals surface area contributed by atoms with Gasteiger partial charge in [-0.1, -0.05) is 12.1 Å². The van der Waals surface area contributed by atoms with E-state index in [2.05, 4.69) is 16.3 Å². The van der Waals surface area contributed by atoms with Crippen LogP contribution in [0, 0.1) is 11.3 Å². The molecule has 0 atom stereocenters. The molecular formula is C19H17F3N4O. The number of nitrogens with zero attached hydrogens (tertiary/aromatic N) is 3. The van der Waals surface area contributed by atoms with E-state index in [1.54, 1.807) is 12.1 Å². The number of hydrogen-bond acceptors (Lipinski definition) is 3. The van der Waals surface area contributed by atoms with E-state index >= 15 is 0 Å². The van der Waals surface area contributed by atoms with Gasteiger partial charge in [0.15, 0.2) is 0 Å². The molecule has 0 bridgehead atoms. The summed E-state index contributed by atoms with van der Waals surface area (Å²) in [7, 11) is 0. The van der Waals surface area contributed by atoms with Gasteiger partial charge in [-0.15, -0.1) is 0 Å². The standard InChI is InChI=1S/C19H17F3N4O/c20-19(21,22)16-3-1-2-4-17(16)24-18(27)26-11-9-25(10-12-26)15-7-5-14(13-23)6-8-15/h1-8H,9-12H2,(H,24,27). The number of carbonyl (C=O) groups is 1. The third-order valence-corrected chi connectivity index (χ3v) is 4.40. The molecule has 1 N–H and O–H groups in total. The van der Waals surface area contributed by atoms with E-state index in [4.69, 9.17) is 5.26 Å². The maximum absolute atomic E-state index is 13.0. The molecule has 1 saturated heterocycles. The first-order valence-electron chi connectivity index (χ1n) is 8.36. The first kappa shape index (κ1) is 18.6. The van der Waals surface area contributed by atoms with E-state index in [1.807, 2.05) is 12.1 Å².